The minimum Gasteiger partial charge on any atom is -0.357 e. The fraction of sp³-hybridized carbons (Fsp3) is 0.636. The van der Waals surface area contributed by atoms with Crippen molar-refractivity contribution >= 4 is 35.8 Å². The summed E-state index contributed by atoms with van der Waals surface area (Å²) in [6.45, 7) is 5.87. The maximum Gasteiger partial charge on any atom is 0.241 e. The predicted molar refractivity (Wildman–Crippen MR) is 81.5 cm³/mol. The van der Waals surface area contributed by atoms with Crippen LogP contribution >= 0.6 is 24.0 Å². The maximum atomic E-state index is 11.3. The average Bonchev–Trinajstić information content (AvgIpc) is 2.30. The van der Waals surface area contributed by atoms with E-state index in [0.717, 1.165) is 13.0 Å². The van der Waals surface area contributed by atoms with Crippen LogP contribution in [0.15, 0.2) is 4.99 Å². The van der Waals surface area contributed by atoms with E-state index in [0.29, 0.717) is 19.0 Å². The number of hydrogen-bond acceptors (Lipinski definition) is 2. The Hall–Kier alpha value is -0.970. The number of amides is 1. The van der Waals surface area contributed by atoms with E-state index in [2.05, 4.69) is 26.9 Å². The molecule has 0 aromatic heterocycles. The zero-order valence-corrected chi connectivity index (χ0v) is 12.7. The van der Waals surface area contributed by atoms with Crippen LogP contribution in [0.25, 0.3) is 0 Å². The first kappa shape index (κ1) is 18.4. The van der Waals surface area contributed by atoms with Crippen molar-refractivity contribution in [1.82, 2.24) is 16.0 Å². The van der Waals surface area contributed by atoms with Crippen LogP contribution in [0.3, 0.4) is 0 Å². The van der Waals surface area contributed by atoms with Crippen LogP contribution in [-0.4, -0.2) is 38.0 Å². The minimum absolute atomic E-state index is 0. The van der Waals surface area contributed by atoms with Gasteiger partial charge in [0.1, 0.15) is 6.54 Å². The Labute approximate surface area is 120 Å². The van der Waals surface area contributed by atoms with Crippen LogP contribution in [0.5, 0.6) is 0 Å². The molecule has 0 aromatic carbocycles. The molecule has 0 aliphatic heterocycles. The van der Waals surface area contributed by atoms with Crippen LogP contribution < -0.4 is 16.0 Å². The lowest BCUT2D eigenvalue weighted by molar-refractivity contribution is -0.119. The zero-order chi connectivity index (χ0) is 12.2. The molecule has 0 fully saturated rings. The fourth-order valence-electron chi connectivity index (χ4n) is 0.948. The lowest BCUT2D eigenvalue weighted by Gasteiger charge is -2.08. The van der Waals surface area contributed by atoms with Gasteiger partial charge in [0.15, 0.2) is 5.96 Å². The Bertz CT molecular complexity index is 273. The van der Waals surface area contributed by atoms with E-state index in [-0.39, 0.29) is 36.4 Å². The third-order valence-corrected chi connectivity index (χ3v) is 1.66. The van der Waals surface area contributed by atoms with Crippen molar-refractivity contribution in [2.45, 2.75) is 20.3 Å². The number of halogens is 1. The highest BCUT2D eigenvalue weighted by molar-refractivity contribution is 14.0. The largest absolute Gasteiger partial charge is 0.357 e. The molecule has 0 bridgehead atoms. The van der Waals surface area contributed by atoms with Crippen LogP contribution in [-0.2, 0) is 4.79 Å². The molecule has 0 unspecified atom stereocenters. The summed E-state index contributed by atoms with van der Waals surface area (Å²) in [6.07, 6.45) is 6.04. The molecule has 0 heterocycles. The van der Waals surface area contributed by atoms with Gasteiger partial charge in [0.05, 0.1) is 6.54 Å². The monoisotopic (exact) mass is 352 g/mol. The normalized spacial score (nSPS) is 9.82. The Morgan fingerprint density at radius 2 is 2.00 bits per heavy atom. The van der Waals surface area contributed by atoms with Crippen molar-refractivity contribution in [2.24, 2.45) is 4.99 Å². The molecule has 0 radical (unpaired) electrons. The third-order valence-electron chi connectivity index (χ3n) is 1.66. The van der Waals surface area contributed by atoms with Crippen LogP contribution in [0.1, 0.15) is 20.3 Å². The minimum atomic E-state index is -0.0836. The standard InChI is InChI=1S/C11H20N4O.HI/c1-4-7-13-10(16)9-15-11(12-6-3)14-8-5-2;/h2H,4,6-9H2,1,3H3,(H,13,16)(H2,12,14,15);1H. The first-order valence-electron chi connectivity index (χ1n) is 5.46. The molecule has 98 valence electrons. The molecule has 0 saturated heterocycles. The van der Waals surface area contributed by atoms with Gasteiger partial charge in [-0.15, -0.1) is 30.4 Å². The summed E-state index contributed by atoms with van der Waals surface area (Å²) in [6, 6.07) is 0. The van der Waals surface area contributed by atoms with Gasteiger partial charge < -0.3 is 16.0 Å². The first-order chi connectivity index (χ1) is 7.74. The fourth-order valence-corrected chi connectivity index (χ4v) is 0.948. The molecule has 3 N–H and O–H groups in total. The lowest BCUT2D eigenvalue weighted by Crippen LogP contribution is -2.38. The molecule has 0 rings (SSSR count). The van der Waals surface area contributed by atoms with E-state index in [1.165, 1.54) is 0 Å². The molecule has 0 aliphatic rings. The third kappa shape index (κ3) is 11.3. The summed E-state index contributed by atoms with van der Waals surface area (Å²) in [5.74, 6) is 2.92. The molecule has 0 saturated carbocycles. The Morgan fingerprint density at radius 3 is 2.53 bits per heavy atom. The summed E-state index contributed by atoms with van der Waals surface area (Å²) in [5.41, 5.74) is 0. The van der Waals surface area contributed by atoms with Gasteiger partial charge in [0.2, 0.25) is 5.91 Å². The average molecular weight is 352 g/mol. The highest BCUT2D eigenvalue weighted by atomic mass is 127. The maximum absolute atomic E-state index is 11.3. The van der Waals surface area contributed by atoms with Gasteiger partial charge in [-0.3, -0.25) is 4.79 Å². The number of hydrogen-bond donors (Lipinski definition) is 3. The molecular weight excluding hydrogens is 331 g/mol. The topological polar surface area (TPSA) is 65.5 Å². The van der Waals surface area contributed by atoms with E-state index >= 15 is 0 Å². The lowest BCUT2D eigenvalue weighted by atomic mass is 10.4. The van der Waals surface area contributed by atoms with E-state index in [9.17, 15) is 4.79 Å². The van der Waals surface area contributed by atoms with E-state index in [1.54, 1.807) is 0 Å². The molecule has 6 heteroatoms. The van der Waals surface area contributed by atoms with E-state index < -0.39 is 0 Å². The number of guanidine groups is 1. The smallest absolute Gasteiger partial charge is 0.241 e. The number of terminal acetylenes is 1. The highest BCUT2D eigenvalue weighted by Crippen LogP contribution is 1.76. The van der Waals surface area contributed by atoms with Gasteiger partial charge in [-0.05, 0) is 13.3 Å². The number of nitrogens with one attached hydrogen (secondary N) is 3. The van der Waals surface area contributed by atoms with Crippen molar-refractivity contribution in [1.29, 1.82) is 0 Å². The molecule has 0 atom stereocenters. The van der Waals surface area contributed by atoms with Crippen molar-refractivity contribution < 1.29 is 4.79 Å². The number of aliphatic imine (C=N–C) groups is 1. The molecule has 5 nitrogen and oxygen atoms in total. The molecule has 1 amide bonds. The van der Waals surface area contributed by atoms with Gasteiger partial charge in [-0.25, -0.2) is 4.99 Å². The second kappa shape index (κ2) is 13.1. The number of rotatable bonds is 6. The summed E-state index contributed by atoms with van der Waals surface area (Å²) >= 11 is 0. The molecule has 17 heavy (non-hydrogen) atoms. The van der Waals surface area contributed by atoms with Gasteiger partial charge in [-0.1, -0.05) is 12.8 Å². The SMILES string of the molecule is C#CCNC(=NCC(=O)NCCC)NCC.I. The highest BCUT2D eigenvalue weighted by Gasteiger charge is 1.99. The van der Waals surface area contributed by atoms with Gasteiger partial charge >= 0.3 is 0 Å². The number of carbonyl (C=O) groups excluding carboxylic acids is 1. The van der Waals surface area contributed by atoms with Gasteiger partial charge in [0.25, 0.3) is 0 Å². The summed E-state index contributed by atoms with van der Waals surface area (Å²) in [7, 11) is 0. The Balaban J connectivity index is 0. The second-order valence-electron chi connectivity index (χ2n) is 3.10. The van der Waals surface area contributed by atoms with Crippen molar-refractivity contribution in [2.75, 3.05) is 26.2 Å². The van der Waals surface area contributed by atoms with Gasteiger partial charge in [0, 0.05) is 13.1 Å². The van der Waals surface area contributed by atoms with Crippen LogP contribution in [0, 0.1) is 12.3 Å². The quantitative estimate of drug-likeness (QED) is 0.279. The van der Waals surface area contributed by atoms with Crippen molar-refractivity contribution in [3.8, 4) is 12.3 Å². The van der Waals surface area contributed by atoms with Crippen LogP contribution in [0.4, 0.5) is 0 Å². The number of nitrogens with zero attached hydrogens (tertiary/aromatic N) is 1. The van der Waals surface area contributed by atoms with Crippen LogP contribution in [0.2, 0.25) is 0 Å². The molecular formula is C11H21IN4O. The summed E-state index contributed by atoms with van der Waals surface area (Å²) in [5, 5.41) is 8.64. The first-order valence-corrected chi connectivity index (χ1v) is 5.46. The van der Waals surface area contributed by atoms with Gasteiger partial charge in [-0.2, -0.15) is 0 Å². The molecule has 0 aliphatic carbocycles. The van der Waals surface area contributed by atoms with Crippen molar-refractivity contribution in [3.63, 3.8) is 0 Å². The summed E-state index contributed by atoms with van der Waals surface area (Å²) < 4.78 is 0. The predicted octanol–water partition coefficient (Wildman–Crippen LogP) is 0.319. The van der Waals surface area contributed by atoms with E-state index in [1.807, 2.05) is 13.8 Å². The number of carbonyl (C=O) groups is 1. The molecule has 0 aromatic rings. The Kier molecular flexibility index (Phi) is 14.2. The van der Waals surface area contributed by atoms with E-state index in [4.69, 9.17) is 6.42 Å². The Morgan fingerprint density at radius 1 is 1.29 bits per heavy atom. The summed E-state index contributed by atoms with van der Waals surface area (Å²) in [4.78, 5) is 15.4. The zero-order valence-electron chi connectivity index (χ0n) is 10.4. The van der Waals surface area contributed by atoms with Crippen molar-refractivity contribution in [3.05, 3.63) is 0 Å². The second-order valence-corrected chi connectivity index (χ2v) is 3.10. The molecule has 0 spiro atoms.